The highest BCUT2D eigenvalue weighted by atomic mass is 32.2. The quantitative estimate of drug-likeness (QED) is 0.857. The van der Waals surface area contributed by atoms with E-state index in [0.717, 1.165) is 31.5 Å². The summed E-state index contributed by atoms with van der Waals surface area (Å²) in [5, 5.41) is -0.500. The van der Waals surface area contributed by atoms with Crippen molar-refractivity contribution in [3.05, 3.63) is 23.8 Å². The Hall–Kier alpha value is -1.36. The molecule has 0 aliphatic carbocycles. The van der Waals surface area contributed by atoms with E-state index in [2.05, 4.69) is 0 Å². The number of amides is 1. The van der Waals surface area contributed by atoms with E-state index in [9.17, 15) is 9.00 Å². The number of carbonyl (C=O) groups excluding carboxylic acids is 1. The van der Waals surface area contributed by atoms with Crippen molar-refractivity contribution in [2.75, 3.05) is 18.8 Å². The number of aryl methyl sites for hydroxylation is 1. The largest absolute Gasteiger partial charge is 0.399 e. The van der Waals surface area contributed by atoms with Crippen molar-refractivity contribution in [3.63, 3.8) is 0 Å². The summed E-state index contributed by atoms with van der Waals surface area (Å²) in [4.78, 5) is 14.8. The Morgan fingerprint density at radius 3 is 2.58 bits per heavy atom. The first-order valence-corrected chi connectivity index (χ1v) is 7.77. The summed E-state index contributed by atoms with van der Waals surface area (Å²) in [5.41, 5.74) is 7.21. The zero-order valence-electron chi connectivity index (χ0n) is 11.4. The van der Waals surface area contributed by atoms with E-state index in [-0.39, 0.29) is 5.91 Å². The first kappa shape index (κ1) is 14.1. The minimum Gasteiger partial charge on any atom is -0.399 e. The molecule has 1 aromatic carbocycles. The molecule has 4 nitrogen and oxygen atoms in total. The van der Waals surface area contributed by atoms with Crippen LogP contribution in [0.2, 0.25) is 0 Å². The van der Waals surface area contributed by atoms with Gasteiger partial charge in [-0.2, -0.15) is 0 Å². The van der Waals surface area contributed by atoms with Crippen LogP contribution in [-0.4, -0.2) is 33.4 Å². The van der Waals surface area contributed by atoms with Gasteiger partial charge in [-0.3, -0.25) is 9.00 Å². The zero-order valence-corrected chi connectivity index (χ0v) is 12.2. The lowest BCUT2D eigenvalue weighted by molar-refractivity contribution is -0.129. The van der Waals surface area contributed by atoms with Crippen LogP contribution >= 0.6 is 0 Å². The van der Waals surface area contributed by atoms with Crippen LogP contribution in [0.5, 0.6) is 0 Å². The minimum atomic E-state index is -1.32. The molecule has 19 heavy (non-hydrogen) atoms. The highest BCUT2D eigenvalue weighted by Crippen LogP contribution is 2.21. The molecule has 1 aliphatic rings. The molecule has 2 rings (SSSR count). The molecular formula is C14H20N2O2S. The summed E-state index contributed by atoms with van der Waals surface area (Å²) in [6.45, 7) is 5.20. The molecule has 0 saturated carbocycles. The second-order valence-corrected chi connectivity index (χ2v) is 6.74. The highest BCUT2D eigenvalue weighted by molar-refractivity contribution is 7.86. The van der Waals surface area contributed by atoms with Crippen LogP contribution in [0.4, 0.5) is 5.69 Å². The van der Waals surface area contributed by atoms with Crippen molar-refractivity contribution < 1.29 is 9.00 Å². The fourth-order valence-corrected chi connectivity index (χ4v) is 3.67. The van der Waals surface area contributed by atoms with Gasteiger partial charge in [0, 0.05) is 23.7 Å². The molecule has 1 amide bonds. The number of anilines is 1. The minimum absolute atomic E-state index is 0.00735. The maximum atomic E-state index is 12.5. The van der Waals surface area contributed by atoms with Crippen LogP contribution in [-0.2, 0) is 15.6 Å². The SMILES string of the molecule is Cc1cc(N)ccc1S(=O)C(C)C(=O)N1CCCC1. The lowest BCUT2D eigenvalue weighted by Gasteiger charge is -2.20. The van der Waals surface area contributed by atoms with Crippen LogP contribution in [0.25, 0.3) is 0 Å². The van der Waals surface area contributed by atoms with Crippen LogP contribution in [0.3, 0.4) is 0 Å². The van der Waals surface area contributed by atoms with E-state index in [1.807, 2.05) is 11.8 Å². The molecular weight excluding hydrogens is 260 g/mol. The lowest BCUT2D eigenvalue weighted by atomic mass is 10.2. The number of nitrogens with two attached hydrogens (primary N) is 1. The Bertz CT molecular complexity index is 510. The number of carbonyl (C=O) groups is 1. The Balaban J connectivity index is 2.16. The van der Waals surface area contributed by atoms with Gasteiger partial charge in [0.25, 0.3) is 0 Å². The molecule has 2 atom stereocenters. The van der Waals surface area contributed by atoms with Gasteiger partial charge in [-0.15, -0.1) is 0 Å². The normalized spacial score (nSPS) is 18.3. The fourth-order valence-electron chi connectivity index (χ4n) is 2.37. The maximum Gasteiger partial charge on any atom is 0.238 e. The van der Waals surface area contributed by atoms with Crippen LogP contribution in [0.1, 0.15) is 25.3 Å². The highest BCUT2D eigenvalue weighted by Gasteiger charge is 2.28. The summed E-state index contributed by atoms with van der Waals surface area (Å²) < 4.78 is 12.5. The standard InChI is InChI=1S/C14H20N2O2S/c1-10-9-12(15)5-6-13(10)19(18)11(2)14(17)16-7-3-4-8-16/h5-6,9,11H,3-4,7-8,15H2,1-2H3. The Morgan fingerprint density at radius 2 is 2.00 bits per heavy atom. The van der Waals surface area contributed by atoms with Gasteiger partial charge in [0.1, 0.15) is 5.25 Å². The van der Waals surface area contributed by atoms with E-state index in [1.54, 1.807) is 25.1 Å². The van der Waals surface area contributed by atoms with Crippen molar-refractivity contribution in [2.24, 2.45) is 0 Å². The van der Waals surface area contributed by atoms with Crippen molar-refractivity contribution in [2.45, 2.75) is 36.8 Å². The fraction of sp³-hybridized carbons (Fsp3) is 0.500. The van der Waals surface area contributed by atoms with Gasteiger partial charge in [0.15, 0.2) is 0 Å². The number of likely N-dealkylation sites (tertiary alicyclic amines) is 1. The third kappa shape index (κ3) is 2.97. The monoisotopic (exact) mass is 280 g/mol. The van der Waals surface area contributed by atoms with Crippen molar-refractivity contribution in [1.82, 2.24) is 4.90 Å². The Morgan fingerprint density at radius 1 is 1.37 bits per heavy atom. The third-order valence-corrected chi connectivity index (χ3v) is 5.24. The molecule has 0 spiro atoms. The summed E-state index contributed by atoms with van der Waals surface area (Å²) in [5.74, 6) is -0.00735. The maximum absolute atomic E-state index is 12.5. The number of nitrogen functional groups attached to an aromatic ring is 1. The van der Waals surface area contributed by atoms with Gasteiger partial charge in [0.2, 0.25) is 5.91 Å². The van der Waals surface area contributed by atoms with Gasteiger partial charge < -0.3 is 10.6 Å². The topological polar surface area (TPSA) is 63.4 Å². The third-order valence-electron chi connectivity index (χ3n) is 3.50. The van der Waals surface area contributed by atoms with E-state index in [1.165, 1.54) is 0 Å². The lowest BCUT2D eigenvalue weighted by Crippen LogP contribution is -2.37. The number of rotatable bonds is 3. The molecule has 1 saturated heterocycles. The molecule has 104 valence electrons. The molecule has 1 aliphatic heterocycles. The van der Waals surface area contributed by atoms with Crippen molar-refractivity contribution in [1.29, 1.82) is 0 Å². The molecule has 5 heteroatoms. The first-order valence-electron chi connectivity index (χ1n) is 6.56. The molecule has 2 N–H and O–H groups in total. The second kappa shape index (κ2) is 5.74. The number of benzene rings is 1. The van der Waals surface area contributed by atoms with E-state index < -0.39 is 16.0 Å². The van der Waals surface area contributed by atoms with Gasteiger partial charge >= 0.3 is 0 Å². The molecule has 1 fully saturated rings. The number of nitrogens with zero attached hydrogens (tertiary/aromatic N) is 1. The zero-order chi connectivity index (χ0) is 14.0. The molecule has 0 aromatic heterocycles. The smallest absolute Gasteiger partial charge is 0.238 e. The molecule has 1 heterocycles. The summed E-state index contributed by atoms with van der Waals surface area (Å²) in [6, 6.07) is 5.28. The van der Waals surface area contributed by atoms with Gasteiger partial charge in [-0.05, 0) is 50.5 Å². The van der Waals surface area contributed by atoms with E-state index in [4.69, 9.17) is 5.73 Å². The molecule has 0 bridgehead atoms. The average molecular weight is 280 g/mol. The van der Waals surface area contributed by atoms with Gasteiger partial charge in [-0.1, -0.05) is 0 Å². The van der Waals surface area contributed by atoms with E-state index >= 15 is 0 Å². The number of hydrogen-bond donors (Lipinski definition) is 1. The van der Waals surface area contributed by atoms with Crippen molar-refractivity contribution >= 4 is 22.4 Å². The molecule has 2 unspecified atom stereocenters. The van der Waals surface area contributed by atoms with Crippen molar-refractivity contribution in [3.8, 4) is 0 Å². The average Bonchev–Trinajstić information content (AvgIpc) is 2.90. The van der Waals surface area contributed by atoms with Crippen LogP contribution < -0.4 is 5.73 Å². The Labute approximate surface area is 116 Å². The predicted molar refractivity (Wildman–Crippen MR) is 77.3 cm³/mol. The van der Waals surface area contributed by atoms with Crippen LogP contribution in [0, 0.1) is 6.92 Å². The second-order valence-electron chi connectivity index (χ2n) is 5.00. The van der Waals surface area contributed by atoms with Crippen LogP contribution in [0.15, 0.2) is 23.1 Å². The predicted octanol–water partition coefficient (Wildman–Crippen LogP) is 1.70. The van der Waals surface area contributed by atoms with E-state index in [0.29, 0.717) is 10.6 Å². The molecule has 1 aromatic rings. The Kier molecular flexibility index (Phi) is 4.24. The van der Waals surface area contributed by atoms with Gasteiger partial charge in [0.05, 0.1) is 10.8 Å². The number of hydrogen-bond acceptors (Lipinski definition) is 3. The summed E-state index contributed by atoms with van der Waals surface area (Å²) >= 11 is 0. The summed E-state index contributed by atoms with van der Waals surface area (Å²) in [6.07, 6.45) is 2.10. The first-order chi connectivity index (χ1) is 9.00. The molecule has 0 radical (unpaired) electrons. The van der Waals surface area contributed by atoms with Gasteiger partial charge in [-0.25, -0.2) is 0 Å². The summed E-state index contributed by atoms with van der Waals surface area (Å²) in [7, 11) is -1.32.